The molecule has 1 N–H and O–H groups in total. The van der Waals surface area contributed by atoms with Crippen molar-refractivity contribution >= 4 is 23.2 Å². The van der Waals surface area contributed by atoms with E-state index in [0.29, 0.717) is 22.3 Å². The lowest BCUT2D eigenvalue weighted by Gasteiger charge is -2.27. The third-order valence-electron chi connectivity index (χ3n) is 4.99. The Kier molecular flexibility index (Phi) is 4.73. The molecule has 3 aromatic rings. The number of anilines is 1. The fourth-order valence-corrected chi connectivity index (χ4v) is 4.10. The highest BCUT2D eigenvalue weighted by molar-refractivity contribution is 6.30. The Bertz CT molecular complexity index is 1050. The predicted octanol–water partition coefficient (Wildman–Crippen LogP) is 4.33. The summed E-state index contributed by atoms with van der Waals surface area (Å²) in [5.74, 6) is 0.859. The van der Waals surface area contributed by atoms with Crippen LogP contribution in [0.25, 0.3) is 5.69 Å². The van der Waals surface area contributed by atoms with Crippen molar-refractivity contribution in [3.05, 3.63) is 64.4 Å². The predicted molar refractivity (Wildman–Crippen MR) is 108 cm³/mol. The zero-order valence-corrected chi connectivity index (χ0v) is 16.6. The van der Waals surface area contributed by atoms with Gasteiger partial charge in [-0.2, -0.15) is 5.10 Å². The Morgan fingerprint density at radius 2 is 1.82 bits per heavy atom. The van der Waals surface area contributed by atoms with Crippen LogP contribution in [0.5, 0.6) is 11.5 Å². The Morgan fingerprint density at radius 1 is 1.14 bits per heavy atom. The number of halogens is 1. The number of hydrogen-bond acceptors (Lipinski definition) is 4. The normalized spacial score (nSPS) is 15.7. The fraction of sp³-hybridized carbons (Fsp3) is 0.238. The number of carbonyl (C=O) groups excluding carboxylic acids is 1. The molecule has 1 aliphatic rings. The van der Waals surface area contributed by atoms with Crippen LogP contribution in [0.1, 0.15) is 29.2 Å². The van der Waals surface area contributed by atoms with Crippen molar-refractivity contribution < 1.29 is 14.3 Å². The number of fused-ring (bicyclic) bond motifs is 1. The molecule has 28 heavy (non-hydrogen) atoms. The standard InChI is InChI=1S/C21H20ClN3O3/c1-12-20(21(22)25(24-12)13-7-5-4-6-8-13)15-10-19(26)23-16-11-18(28-3)17(27-2)9-14(15)16/h4-9,11,15H,10H2,1-3H3,(H,23,26)/t15-/m1/s1. The Balaban J connectivity index is 1.87. The highest BCUT2D eigenvalue weighted by Crippen LogP contribution is 2.45. The first-order valence-corrected chi connectivity index (χ1v) is 9.27. The highest BCUT2D eigenvalue weighted by atomic mass is 35.5. The number of methoxy groups -OCH3 is 2. The zero-order chi connectivity index (χ0) is 19.8. The van der Waals surface area contributed by atoms with Gasteiger partial charge in [0.05, 0.1) is 25.6 Å². The number of nitrogens with one attached hydrogen (secondary N) is 1. The maximum atomic E-state index is 12.4. The summed E-state index contributed by atoms with van der Waals surface area (Å²) < 4.78 is 12.5. The van der Waals surface area contributed by atoms with E-state index >= 15 is 0 Å². The van der Waals surface area contributed by atoms with Crippen molar-refractivity contribution in [3.8, 4) is 17.2 Å². The molecule has 1 amide bonds. The molecule has 7 heteroatoms. The molecular weight excluding hydrogens is 378 g/mol. The number of aromatic nitrogens is 2. The van der Waals surface area contributed by atoms with E-state index in [2.05, 4.69) is 10.4 Å². The second-order valence-corrected chi connectivity index (χ2v) is 6.99. The van der Waals surface area contributed by atoms with Gasteiger partial charge in [0.15, 0.2) is 11.5 Å². The highest BCUT2D eigenvalue weighted by Gasteiger charge is 2.33. The van der Waals surface area contributed by atoms with E-state index in [1.807, 2.05) is 43.3 Å². The molecule has 0 bridgehead atoms. The summed E-state index contributed by atoms with van der Waals surface area (Å²) in [6.45, 7) is 1.91. The lowest BCUT2D eigenvalue weighted by molar-refractivity contribution is -0.116. The molecular formula is C21H20ClN3O3. The third-order valence-corrected chi connectivity index (χ3v) is 5.36. The van der Waals surface area contributed by atoms with Crippen LogP contribution < -0.4 is 14.8 Å². The van der Waals surface area contributed by atoms with Crippen molar-refractivity contribution in [1.82, 2.24) is 9.78 Å². The van der Waals surface area contributed by atoms with E-state index in [4.69, 9.17) is 21.1 Å². The summed E-state index contributed by atoms with van der Waals surface area (Å²) in [6, 6.07) is 13.4. The van der Waals surface area contributed by atoms with Gasteiger partial charge >= 0.3 is 0 Å². The number of hydrogen-bond donors (Lipinski definition) is 1. The SMILES string of the molecule is COc1cc2c(cc1OC)[C@H](c1c(C)nn(-c3ccccc3)c1Cl)CC(=O)N2. The van der Waals surface area contributed by atoms with Gasteiger partial charge < -0.3 is 14.8 Å². The summed E-state index contributed by atoms with van der Waals surface area (Å²) in [5, 5.41) is 8.05. The number of rotatable bonds is 4. The van der Waals surface area contributed by atoms with Gasteiger partial charge in [-0.1, -0.05) is 29.8 Å². The first kappa shape index (κ1) is 18.4. The zero-order valence-electron chi connectivity index (χ0n) is 15.8. The molecule has 0 unspecified atom stereocenters. The number of para-hydroxylation sites is 1. The summed E-state index contributed by atoms with van der Waals surface area (Å²) in [7, 11) is 3.16. The molecule has 0 radical (unpaired) electrons. The van der Waals surface area contributed by atoms with Crippen LogP contribution in [-0.4, -0.2) is 29.9 Å². The summed E-state index contributed by atoms with van der Waals surface area (Å²) in [4.78, 5) is 12.4. The van der Waals surface area contributed by atoms with Gasteiger partial charge in [-0.05, 0) is 30.7 Å². The summed E-state index contributed by atoms with van der Waals surface area (Å²) in [6.07, 6.45) is 0.281. The van der Waals surface area contributed by atoms with Gasteiger partial charge in [-0.3, -0.25) is 4.79 Å². The molecule has 0 aliphatic carbocycles. The van der Waals surface area contributed by atoms with Gasteiger partial charge in [0.2, 0.25) is 5.91 Å². The van der Waals surface area contributed by atoms with Gasteiger partial charge in [-0.15, -0.1) is 0 Å². The van der Waals surface area contributed by atoms with Crippen LogP contribution in [0, 0.1) is 6.92 Å². The van der Waals surface area contributed by atoms with Crippen LogP contribution in [0.3, 0.4) is 0 Å². The van der Waals surface area contributed by atoms with Crippen molar-refractivity contribution in [2.24, 2.45) is 0 Å². The Labute approximate surface area is 168 Å². The first-order valence-electron chi connectivity index (χ1n) is 8.89. The molecule has 2 aromatic carbocycles. The maximum absolute atomic E-state index is 12.4. The number of aryl methyl sites for hydroxylation is 1. The smallest absolute Gasteiger partial charge is 0.225 e. The molecule has 1 aliphatic heterocycles. The fourth-order valence-electron chi connectivity index (χ4n) is 3.69. The number of benzene rings is 2. The summed E-state index contributed by atoms with van der Waals surface area (Å²) >= 11 is 6.76. The van der Waals surface area contributed by atoms with Crippen molar-refractivity contribution in [2.45, 2.75) is 19.3 Å². The van der Waals surface area contributed by atoms with Crippen LogP contribution in [0.4, 0.5) is 5.69 Å². The number of carbonyl (C=O) groups is 1. The molecule has 144 valence electrons. The minimum atomic E-state index is -0.228. The average Bonchev–Trinajstić information content (AvgIpc) is 3.01. The average molecular weight is 398 g/mol. The van der Waals surface area contributed by atoms with Gasteiger partial charge in [0, 0.05) is 29.7 Å². The topological polar surface area (TPSA) is 65.4 Å². The molecule has 6 nitrogen and oxygen atoms in total. The van der Waals surface area contributed by atoms with Gasteiger partial charge in [0.25, 0.3) is 0 Å². The third kappa shape index (κ3) is 2.99. The number of nitrogens with zero attached hydrogens (tertiary/aromatic N) is 2. The van der Waals surface area contributed by atoms with E-state index in [-0.39, 0.29) is 18.2 Å². The molecule has 1 atom stereocenters. The van der Waals surface area contributed by atoms with E-state index in [9.17, 15) is 4.79 Å². The monoisotopic (exact) mass is 397 g/mol. The molecule has 0 spiro atoms. The molecule has 2 heterocycles. The quantitative estimate of drug-likeness (QED) is 0.711. The van der Waals surface area contributed by atoms with Crippen LogP contribution >= 0.6 is 11.6 Å². The lowest BCUT2D eigenvalue weighted by atomic mass is 9.84. The molecule has 1 aromatic heterocycles. The van der Waals surface area contributed by atoms with E-state index in [0.717, 1.165) is 22.5 Å². The van der Waals surface area contributed by atoms with Crippen LogP contribution in [0.15, 0.2) is 42.5 Å². The van der Waals surface area contributed by atoms with E-state index in [1.54, 1.807) is 25.0 Å². The largest absolute Gasteiger partial charge is 0.493 e. The first-order chi connectivity index (χ1) is 13.5. The Hall–Kier alpha value is -2.99. The molecule has 0 fully saturated rings. The van der Waals surface area contributed by atoms with Gasteiger partial charge in [-0.25, -0.2) is 4.68 Å². The molecule has 0 saturated heterocycles. The van der Waals surface area contributed by atoms with E-state index < -0.39 is 0 Å². The second kappa shape index (κ2) is 7.20. The second-order valence-electron chi connectivity index (χ2n) is 6.64. The van der Waals surface area contributed by atoms with E-state index in [1.165, 1.54) is 0 Å². The maximum Gasteiger partial charge on any atom is 0.225 e. The van der Waals surface area contributed by atoms with Gasteiger partial charge in [0.1, 0.15) is 5.15 Å². The number of ether oxygens (including phenoxy) is 2. The van der Waals surface area contributed by atoms with Crippen LogP contribution in [-0.2, 0) is 4.79 Å². The summed E-state index contributed by atoms with van der Waals surface area (Å²) in [5.41, 5.74) is 4.12. The Morgan fingerprint density at radius 3 is 2.50 bits per heavy atom. The lowest BCUT2D eigenvalue weighted by Crippen LogP contribution is -2.24. The molecule has 0 saturated carbocycles. The minimum absolute atomic E-state index is 0.0763. The number of amides is 1. The minimum Gasteiger partial charge on any atom is -0.493 e. The van der Waals surface area contributed by atoms with Crippen molar-refractivity contribution in [3.63, 3.8) is 0 Å². The van der Waals surface area contributed by atoms with Crippen LogP contribution in [0.2, 0.25) is 5.15 Å². The van der Waals surface area contributed by atoms with Crippen molar-refractivity contribution in [2.75, 3.05) is 19.5 Å². The van der Waals surface area contributed by atoms with Crippen molar-refractivity contribution in [1.29, 1.82) is 0 Å². The molecule has 4 rings (SSSR count).